The van der Waals surface area contributed by atoms with Crippen LogP contribution in [-0.2, 0) is 4.79 Å². The number of unbranched alkanes of at least 4 members (excludes halogenated alkanes) is 1. The zero-order valence-electron chi connectivity index (χ0n) is 13.4. The topological polar surface area (TPSA) is 51.0 Å². The van der Waals surface area contributed by atoms with Crippen molar-refractivity contribution >= 4 is 5.91 Å². The Morgan fingerprint density at radius 1 is 1.43 bits per heavy atom. The van der Waals surface area contributed by atoms with Crippen molar-refractivity contribution in [2.75, 3.05) is 13.1 Å². The number of amides is 1. The second kappa shape index (κ2) is 8.15. The Kier molecular flexibility index (Phi) is 6.21. The standard InChI is InChI=1S/C16H28N4O/c1-3-5-7-14(4-2)10-16(21)19-9-6-8-15(11-19)20-13-17-12-18-20/h12-15H,3-11H2,1-2H3/t14-,15+/m0/s1. The van der Waals surface area contributed by atoms with E-state index in [0.29, 0.717) is 24.3 Å². The van der Waals surface area contributed by atoms with Gasteiger partial charge in [0.1, 0.15) is 12.7 Å². The van der Waals surface area contributed by atoms with Crippen molar-refractivity contribution in [2.45, 2.75) is 64.8 Å². The van der Waals surface area contributed by atoms with E-state index >= 15 is 0 Å². The van der Waals surface area contributed by atoms with Gasteiger partial charge in [0.15, 0.2) is 0 Å². The lowest BCUT2D eigenvalue weighted by Gasteiger charge is -2.33. The van der Waals surface area contributed by atoms with Crippen molar-refractivity contribution in [2.24, 2.45) is 5.92 Å². The van der Waals surface area contributed by atoms with E-state index in [1.54, 1.807) is 12.7 Å². The summed E-state index contributed by atoms with van der Waals surface area (Å²) in [5, 5.41) is 4.22. The Bertz CT molecular complexity index is 418. The fourth-order valence-corrected chi connectivity index (χ4v) is 3.12. The molecular formula is C16H28N4O. The summed E-state index contributed by atoms with van der Waals surface area (Å²) < 4.78 is 1.90. The van der Waals surface area contributed by atoms with Crippen LogP contribution < -0.4 is 0 Å². The molecule has 118 valence electrons. The first-order valence-corrected chi connectivity index (χ1v) is 8.36. The van der Waals surface area contributed by atoms with Gasteiger partial charge in [-0.1, -0.05) is 33.1 Å². The Morgan fingerprint density at radius 2 is 2.29 bits per heavy atom. The van der Waals surface area contributed by atoms with Gasteiger partial charge < -0.3 is 4.90 Å². The first-order chi connectivity index (χ1) is 10.2. The molecule has 2 heterocycles. The lowest BCUT2D eigenvalue weighted by molar-refractivity contribution is -0.134. The molecule has 1 aliphatic heterocycles. The Labute approximate surface area is 127 Å². The molecule has 0 aliphatic carbocycles. The van der Waals surface area contributed by atoms with Gasteiger partial charge in [-0.05, 0) is 25.2 Å². The van der Waals surface area contributed by atoms with Crippen LogP contribution >= 0.6 is 0 Å². The van der Waals surface area contributed by atoms with Crippen LogP contribution in [0.3, 0.4) is 0 Å². The molecule has 2 rings (SSSR count). The van der Waals surface area contributed by atoms with Crippen molar-refractivity contribution in [1.82, 2.24) is 19.7 Å². The van der Waals surface area contributed by atoms with Crippen LogP contribution in [0.1, 0.15) is 64.8 Å². The summed E-state index contributed by atoms with van der Waals surface area (Å²) in [5.41, 5.74) is 0. The molecular weight excluding hydrogens is 264 g/mol. The minimum Gasteiger partial charge on any atom is -0.341 e. The number of piperidine rings is 1. The van der Waals surface area contributed by atoms with Gasteiger partial charge in [0.2, 0.25) is 5.91 Å². The highest BCUT2D eigenvalue weighted by Gasteiger charge is 2.26. The third kappa shape index (κ3) is 4.55. The molecule has 1 aliphatic rings. The molecule has 0 N–H and O–H groups in total. The fraction of sp³-hybridized carbons (Fsp3) is 0.812. The highest BCUT2D eigenvalue weighted by atomic mass is 16.2. The fourth-order valence-electron chi connectivity index (χ4n) is 3.12. The van der Waals surface area contributed by atoms with Gasteiger partial charge in [0.05, 0.1) is 6.04 Å². The van der Waals surface area contributed by atoms with Crippen LogP contribution in [0.5, 0.6) is 0 Å². The van der Waals surface area contributed by atoms with Crippen molar-refractivity contribution in [1.29, 1.82) is 0 Å². The van der Waals surface area contributed by atoms with Crippen molar-refractivity contribution in [3.8, 4) is 0 Å². The maximum atomic E-state index is 12.5. The average Bonchev–Trinajstić information content (AvgIpc) is 3.05. The van der Waals surface area contributed by atoms with Gasteiger partial charge >= 0.3 is 0 Å². The number of carbonyl (C=O) groups excluding carboxylic acids is 1. The van der Waals surface area contributed by atoms with Crippen molar-refractivity contribution in [3.63, 3.8) is 0 Å². The van der Waals surface area contributed by atoms with E-state index in [-0.39, 0.29) is 0 Å². The number of hydrogen-bond donors (Lipinski definition) is 0. The molecule has 5 nitrogen and oxygen atoms in total. The van der Waals surface area contributed by atoms with Crippen LogP contribution in [-0.4, -0.2) is 38.7 Å². The van der Waals surface area contributed by atoms with Crippen LogP contribution in [0.15, 0.2) is 12.7 Å². The van der Waals surface area contributed by atoms with Crippen LogP contribution in [0.4, 0.5) is 0 Å². The van der Waals surface area contributed by atoms with Gasteiger partial charge in [-0.25, -0.2) is 9.67 Å². The highest BCUT2D eigenvalue weighted by molar-refractivity contribution is 5.76. The molecule has 1 saturated heterocycles. The van der Waals surface area contributed by atoms with Crippen LogP contribution in [0.25, 0.3) is 0 Å². The van der Waals surface area contributed by atoms with Crippen molar-refractivity contribution in [3.05, 3.63) is 12.7 Å². The average molecular weight is 292 g/mol. The normalized spacial score (nSPS) is 20.5. The number of rotatable bonds is 7. The molecule has 1 aromatic heterocycles. The SMILES string of the molecule is CCCC[C@H](CC)CC(=O)N1CCC[C@@H](n2cncn2)C1. The highest BCUT2D eigenvalue weighted by Crippen LogP contribution is 2.23. The monoisotopic (exact) mass is 292 g/mol. The van der Waals surface area contributed by atoms with Crippen molar-refractivity contribution < 1.29 is 4.79 Å². The maximum absolute atomic E-state index is 12.5. The first kappa shape index (κ1) is 16.0. The Morgan fingerprint density at radius 3 is 2.95 bits per heavy atom. The molecule has 1 fully saturated rings. The second-order valence-corrected chi connectivity index (χ2v) is 6.13. The minimum atomic E-state index is 0.293. The third-order valence-electron chi connectivity index (χ3n) is 4.57. The smallest absolute Gasteiger partial charge is 0.222 e. The lowest BCUT2D eigenvalue weighted by Crippen LogP contribution is -2.41. The Balaban J connectivity index is 1.86. The number of aromatic nitrogens is 3. The molecule has 0 spiro atoms. The molecule has 1 amide bonds. The number of nitrogens with zero attached hydrogens (tertiary/aromatic N) is 4. The molecule has 0 bridgehead atoms. The minimum absolute atomic E-state index is 0.293. The summed E-state index contributed by atoms with van der Waals surface area (Å²) in [4.78, 5) is 18.6. The molecule has 21 heavy (non-hydrogen) atoms. The van der Waals surface area contributed by atoms with Crippen LogP contribution in [0, 0.1) is 5.92 Å². The summed E-state index contributed by atoms with van der Waals surface area (Å²) in [6.07, 6.45) is 10.9. The second-order valence-electron chi connectivity index (χ2n) is 6.13. The quantitative estimate of drug-likeness (QED) is 0.776. The molecule has 2 atom stereocenters. The predicted octanol–water partition coefficient (Wildman–Crippen LogP) is 3.05. The summed E-state index contributed by atoms with van der Waals surface area (Å²) >= 11 is 0. The first-order valence-electron chi connectivity index (χ1n) is 8.36. The molecule has 0 aromatic carbocycles. The zero-order chi connectivity index (χ0) is 15.1. The van der Waals surface area contributed by atoms with E-state index in [2.05, 4.69) is 23.9 Å². The predicted molar refractivity (Wildman–Crippen MR) is 82.8 cm³/mol. The Hall–Kier alpha value is -1.39. The number of hydrogen-bond acceptors (Lipinski definition) is 3. The lowest BCUT2D eigenvalue weighted by atomic mass is 9.94. The van der Waals surface area contributed by atoms with E-state index in [9.17, 15) is 4.79 Å². The van der Waals surface area contributed by atoms with Gasteiger partial charge in [-0.2, -0.15) is 5.10 Å². The van der Waals surface area contributed by atoms with E-state index in [1.807, 2.05) is 9.58 Å². The number of likely N-dealkylation sites (tertiary alicyclic amines) is 1. The van der Waals surface area contributed by atoms with Gasteiger partial charge in [0.25, 0.3) is 0 Å². The molecule has 0 saturated carbocycles. The van der Waals surface area contributed by atoms with Gasteiger partial charge in [-0.15, -0.1) is 0 Å². The van der Waals surface area contributed by atoms with E-state index in [0.717, 1.165) is 32.4 Å². The molecule has 0 radical (unpaired) electrons. The largest absolute Gasteiger partial charge is 0.341 e. The summed E-state index contributed by atoms with van der Waals surface area (Å²) in [7, 11) is 0. The maximum Gasteiger partial charge on any atom is 0.222 e. The van der Waals surface area contributed by atoms with Gasteiger partial charge in [0, 0.05) is 19.5 Å². The summed E-state index contributed by atoms with van der Waals surface area (Å²) in [5.74, 6) is 0.868. The van der Waals surface area contributed by atoms with Gasteiger partial charge in [-0.3, -0.25) is 4.79 Å². The zero-order valence-corrected chi connectivity index (χ0v) is 13.4. The van der Waals surface area contributed by atoms with E-state index in [1.165, 1.54) is 19.3 Å². The molecule has 5 heteroatoms. The third-order valence-corrected chi connectivity index (χ3v) is 4.57. The molecule has 0 unspecified atom stereocenters. The number of carbonyl (C=O) groups is 1. The summed E-state index contributed by atoms with van der Waals surface area (Å²) in [6, 6.07) is 0.293. The molecule has 1 aromatic rings. The van der Waals surface area contributed by atoms with E-state index in [4.69, 9.17) is 0 Å². The van der Waals surface area contributed by atoms with Crippen LogP contribution in [0.2, 0.25) is 0 Å². The van der Waals surface area contributed by atoms with E-state index < -0.39 is 0 Å². The summed E-state index contributed by atoms with van der Waals surface area (Å²) in [6.45, 7) is 6.09.